The topological polar surface area (TPSA) is 0 Å². The van der Waals surface area contributed by atoms with Gasteiger partial charge in [0.2, 0.25) is 0 Å². The van der Waals surface area contributed by atoms with E-state index in [1.165, 1.54) is 34.6 Å². The maximum atomic E-state index is 2.26. The van der Waals surface area contributed by atoms with Gasteiger partial charge in [0.25, 0.3) is 0 Å². The molecule has 0 saturated carbocycles. The van der Waals surface area contributed by atoms with Crippen molar-refractivity contribution in [1.82, 2.24) is 0 Å². The summed E-state index contributed by atoms with van der Waals surface area (Å²) in [5.74, 6) is 0. The Labute approximate surface area is 243 Å². The third kappa shape index (κ3) is 6.41. The highest BCUT2D eigenvalue weighted by Crippen LogP contribution is 2.09. The van der Waals surface area contributed by atoms with Crippen LogP contribution in [0.3, 0.4) is 0 Å². The van der Waals surface area contributed by atoms with Crippen LogP contribution in [-0.4, -0.2) is 6.15 Å². The lowest BCUT2D eigenvalue weighted by atomic mass is 9.13. The van der Waals surface area contributed by atoms with Crippen LogP contribution < -0.4 is 43.1 Å². The molecule has 39 heavy (non-hydrogen) atoms. The lowest BCUT2D eigenvalue weighted by Gasteiger charge is -2.44. The SMILES string of the molecule is Cc1ccc([I+]c2ccccc2)cc1.c1ccc([B-](c2ccccc2)(c2ccccc2)c2ccccc2)cc1. The highest BCUT2D eigenvalue weighted by atomic mass is 127. The molecule has 0 nitrogen and oxygen atoms in total. The Morgan fingerprint density at radius 2 is 0.615 bits per heavy atom. The summed E-state index contributed by atoms with van der Waals surface area (Å²) in [5.41, 5.74) is 6.69. The molecule has 0 aliphatic rings. The van der Waals surface area contributed by atoms with Crippen molar-refractivity contribution in [3.8, 4) is 0 Å². The largest absolute Gasteiger partial charge is 0.357 e. The van der Waals surface area contributed by atoms with Gasteiger partial charge in [-0.25, -0.2) is 0 Å². The highest BCUT2D eigenvalue weighted by Gasteiger charge is 2.31. The fraction of sp³-hybridized carbons (Fsp3) is 0.0270. The van der Waals surface area contributed by atoms with Crippen LogP contribution >= 0.6 is 0 Å². The van der Waals surface area contributed by atoms with Gasteiger partial charge in [0.1, 0.15) is 6.15 Å². The molecule has 0 amide bonds. The molecule has 0 atom stereocenters. The van der Waals surface area contributed by atoms with E-state index >= 15 is 0 Å². The van der Waals surface area contributed by atoms with Crippen molar-refractivity contribution in [2.24, 2.45) is 0 Å². The van der Waals surface area contributed by atoms with Crippen LogP contribution in [0.15, 0.2) is 176 Å². The minimum absolute atomic E-state index is 0.0159. The second-order valence-electron chi connectivity index (χ2n) is 9.69. The summed E-state index contributed by atoms with van der Waals surface area (Å²) in [6, 6.07) is 63.1. The predicted molar refractivity (Wildman–Crippen MR) is 165 cm³/mol. The van der Waals surface area contributed by atoms with Gasteiger partial charge in [0.15, 0.2) is 7.14 Å². The van der Waals surface area contributed by atoms with Gasteiger partial charge in [0.05, 0.1) is 0 Å². The summed E-state index contributed by atoms with van der Waals surface area (Å²) >= 11 is 0.0159. The predicted octanol–water partition coefficient (Wildman–Crippen LogP) is 3.19. The maximum Gasteiger partial charge on any atom is 0.357 e. The van der Waals surface area contributed by atoms with E-state index in [1.54, 1.807) is 0 Å². The van der Waals surface area contributed by atoms with Crippen molar-refractivity contribution in [3.63, 3.8) is 0 Å². The van der Waals surface area contributed by atoms with Crippen LogP contribution in [0.5, 0.6) is 0 Å². The Morgan fingerprint density at radius 3 is 0.949 bits per heavy atom. The number of benzene rings is 6. The number of halogens is 1. The molecule has 0 radical (unpaired) electrons. The highest BCUT2D eigenvalue weighted by molar-refractivity contribution is 7.19. The summed E-state index contributed by atoms with van der Waals surface area (Å²) in [4.78, 5) is 0. The molecule has 0 heterocycles. The molecule has 0 bridgehead atoms. The Morgan fingerprint density at radius 1 is 0.333 bits per heavy atom. The van der Waals surface area contributed by atoms with Crippen LogP contribution in [0.2, 0.25) is 0 Å². The molecule has 0 aromatic heterocycles. The van der Waals surface area contributed by atoms with Gasteiger partial charge in [0, 0.05) is 0 Å². The molecule has 6 aromatic rings. The van der Waals surface area contributed by atoms with Crippen LogP contribution in [0.1, 0.15) is 5.56 Å². The Balaban J connectivity index is 0.000000186. The van der Waals surface area contributed by atoms with E-state index in [0.29, 0.717) is 0 Å². The van der Waals surface area contributed by atoms with E-state index in [-0.39, 0.29) is 21.2 Å². The second kappa shape index (κ2) is 13.3. The second-order valence-corrected chi connectivity index (χ2v) is 12.7. The summed E-state index contributed by atoms with van der Waals surface area (Å²) < 4.78 is 2.97. The Kier molecular flexibility index (Phi) is 9.08. The number of aryl methyl sites for hydroxylation is 1. The Hall–Kier alpha value is -3.89. The van der Waals surface area contributed by atoms with Gasteiger partial charge in [-0.2, -0.15) is 21.9 Å². The van der Waals surface area contributed by atoms with E-state index < -0.39 is 6.15 Å². The molecule has 190 valence electrons. The van der Waals surface area contributed by atoms with Crippen LogP contribution in [0, 0.1) is 14.1 Å². The summed E-state index contributed by atoms with van der Waals surface area (Å²) in [7, 11) is 0. The summed E-state index contributed by atoms with van der Waals surface area (Å²) in [6.07, 6.45) is -1.22. The third-order valence-corrected chi connectivity index (χ3v) is 9.84. The third-order valence-electron chi connectivity index (χ3n) is 7.16. The molecular weight excluding hydrogens is 582 g/mol. The molecule has 2 heteroatoms. The van der Waals surface area contributed by atoms with Crippen molar-refractivity contribution in [2.75, 3.05) is 0 Å². The van der Waals surface area contributed by atoms with Crippen molar-refractivity contribution >= 4 is 28.0 Å². The fourth-order valence-corrected chi connectivity index (χ4v) is 7.53. The van der Waals surface area contributed by atoms with E-state index in [2.05, 4.69) is 183 Å². The average Bonchev–Trinajstić information content (AvgIpc) is 3.02. The fourth-order valence-electron chi connectivity index (χ4n) is 5.32. The lowest BCUT2D eigenvalue weighted by molar-refractivity contribution is -0.597. The first kappa shape index (κ1) is 26.7. The van der Waals surface area contributed by atoms with Crippen molar-refractivity contribution in [2.45, 2.75) is 6.92 Å². The van der Waals surface area contributed by atoms with Gasteiger partial charge < -0.3 is 0 Å². The first-order valence-corrected chi connectivity index (χ1v) is 15.6. The molecule has 0 fully saturated rings. The molecule has 0 aliphatic heterocycles. The maximum absolute atomic E-state index is 2.26. The average molecular weight is 614 g/mol. The smallest absolute Gasteiger partial charge is 0.195 e. The molecule has 6 aromatic carbocycles. The van der Waals surface area contributed by atoms with Gasteiger partial charge in [-0.1, -0.05) is 157 Å². The zero-order chi connectivity index (χ0) is 26.8. The zero-order valence-electron chi connectivity index (χ0n) is 22.2. The molecule has 6 rings (SSSR count). The Bertz CT molecular complexity index is 1370. The standard InChI is InChI=1S/C24H20B.C13H12I/c1-5-13-21(14-6-1)25(22-15-7-2-8-16-22,23-17-9-3-10-18-23)24-19-11-4-12-20-24;1-11-7-9-13(10-8-11)14-12-5-3-2-4-6-12/h1-20H;2-10H,1H3/q-1;+1. The molecule has 0 aliphatic carbocycles. The molecule has 0 spiro atoms. The first-order chi connectivity index (χ1) is 19.3. The van der Waals surface area contributed by atoms with Crippen molar-refractivity contribution in [3.05, 3.63) is 189 Å². The van der Waals surface area contributed by atoms with Crippen LogP contribution in [0.25, 0.3) is 0 Å². The van der Waals surface area contributed by atoms with Gasteiger partial charge in [-0.05, 0) is 31.2 Å². The van der Waals surface area contributed by atoms with E-state index in [4.69, 9.17) is 0 Å². The van der Waals surface area contributed by atoms with Gasteiger partial charge in [-0.3, -0.25) is 0 Å². The van der Waals surface area contributed by atoms with Crippen LogP contribution in [-0.2, 0) is 0 Å². The quantitative estimate of drug-likeness (QED) is 0.200. The molecule has 0 N–H and O–H groups in total. The van der Waals surface area contributed by atoms with Gasteiger partial charge >= 0.3 is 21.2 Å². The minimum atomic E-state index is -1.22. The summed E-state index contributed by atoms with van der Waals surface area (Å²) in [5, 5.41) is 0. The van der Waals surface area contributed by atoms with E-state index in [1.807, 2.05) is 0 Å². The molecular formula is C37H32BI. The van der Waals surface area contributed by atoms with E-state index in [0.717, 1.165) is 0 Å². The van der Waals surface area contributed by atoms with Crippen molar-refractivity contribution in [1.29, 1.82) is 0 Å². The zero-order valence-corrected chi connectivity index (χ0v) is 24.4. The normalized spacial score (nSPS) is 10.8. The number of hydrogen-bond donors (Lipinski definition) is 0. The van der Waals surface area contributed by atoms with Gasteiger partial charge in [-0.15, -0.1) is 0 Å². The number of rotatable bonds is 6. The number of hydrogen-bond acceptors (Lipinski definition) is 0. The lowest BCUT2D eigenvalue weighted by Crippen LogP contribution is -3.61. The molecule has 0 saturated heterocycles. The van der Waals surface area contributed by atoms with Crippen LogP contribution in [0.4, 0.5) is 0 Å². The monoisotopic (exact) mass is 614 g/mol. The first-order valence-electron chi connectivity index (χ1n) is 13.4. The minimum Gasteiger partial charge on any atom is -0.195 e. The molecule has 0 unspecified atom stereocenters. The summed E-state index contributed by atoms with van der Waals surface area (Å²) in [6.45, 7) is 2.13. The van der Waals surface area contributed by atoms with E-state index in [9.17, 15) is 0 Å². The van der Waals surface area contributed by atoms with Crippen molar-refractivity contribution < 1.29 is 21.2 Å².